The van der Waals surface area contributed by atoms with Gasteiger partial charge < -0.3 is 15.3 Å². The topological polar surface area (TPSA) is 35.5 Å². The summed E-state index contributed by atoms with van der Waals surface area (Å²) in [4.78, 5) is 2.46. The van der Waals surface area contributed by atoms with Gasteiger partial charge in [-0.15, -0.1) is 0 Å². The van der Waals surface area contributed by atoms with Gasteiger partial charge >= 0.3 is 0 Å². The van der Waals surface area contributed by atoms with Crippen LogP contribution in [-0.4, -0.2) is 47.8 Å². The average molecular weight is 258 g/mol. The highest BCUT2D eigenvalue weighted by molar-refractivity contribution is 4.87. The third-order valence-electron chi connectivity index (χ3n) is 3.68. The van der Waals surface area contributed by atoms with Crippen molar-refractivity contribution in [2.24, 2.45) is 5.92 Å². The summed E-state index contributed by atoms with van der Waals surface area (Å²) in [5.41, 5.74) is -0.198. The van der Waals surface area contributed by atoms with E-state index in [9.17, 15) is 5.11 Å². The van der Waals surface area contributed by atoms with Crippen LogP contribution in [0.25, 0.3) is 0 Å². The van der Waals surface area contributed by atoms with E-state index in [0.717, 1.165) is 25.6 Å². The van der Waals surface area contributed by atoms with Crippen LogP contribution in [0, 0.1) is 5.92 Å². The number of likely N-dealkylation sites (N-methyl/N-ethyl adjacent to an activating group) is 1. The van der Waals surface area contributed by atoms with Crippen LogP contribution in [0.1, 0.15) is 54.4 Å². The van der Waals surface area contributed by atoms with Gasteiger partial charge in [0.1, 0.15) is 0 Å². The quantitative estimate of drug-likeness (QED) is 0.632. The molecular formula is C15H34N2O. The second-order valence-electron chi connectivity index (χ2n) is 6.03. The van der Waals surface area contributed by atoms with Crippen molar-refractivity contribution in [2.45, 2.75) is 66.0 Å². The maximum Gasteiger partial charge on any atom is 0.0623 e. The van der Waals surface area contributed by atoms with Crippen molar-refractivity contribution in [1.29, 1.82) is 0 Å². The van der Waals surface area contributed by atoms with E-state index >= 15 is 0 Å². The summed E-state index contributed by atoms with van der Waals surface area (Å²) in [5, 5.41) is 13.1. The summed E-state index contributed by atoms with van der Waals surface area (Å²) in [6.45, 7) is 16.4. The highest BCUT2D eigenvalue weighted by Crippen LogP contribution is 2.13. The Bertz CT molecular complexity index is 205. The zero-order valence-corrected chi connectivity index (χ0v) is 13.3. The molecule has 18 heavy (non-hydrogen) atoms. The Morgan fingerprint density at radius 2 is 1.72 bits per heavy atom. The van der Waals surface area contributed by atoms with E-state index in [1.807, 2.05) is 0 Å². The molecule has 3 nitrogen and oxygen atoms in total. The standard InChI is InChI=1S/C15H34N2O/c1-7-14(8-2)10-17(9-3)11-15(6,12-18)16-13(4)5/h13-14,16,18H,7-12H2,1-6H3. The molecule has 1 atom stereocenters. The minimum absolute atomic E-state index is 0.185. The predicted molar refractivity (Wildman–Crippen MR) is 79.9 cm³/mol. The number of rotatable bonds is 10. The van der Waals surface area contributed by atoms with Gasteiger partial charge in [-0.2, -0.15) is 0 Å². The molecule has 0 fully saturated rings. The zero-order chi connectivity index (χ0) is 14.2. The molecule has 0 aliphatic rings. The zero-order valence-electron chi connectivity index (χ0n) is 13.3. The molecular weight excluding hydrogens is 224 g/mol. The smallest absolute Gasteiger partial charge is 0.0623 e. The van der Waals surface area contributed by atoms with Crippen LogP contribution in [0.4, 0.5) is 0 Å². The third-order valence-corrected chi connectivity index (χ3v) is 3.68. The molecule has 1 unspecified atom stereocenters. The van der Waals surface area contributed by atoms with Crippen LogP contribution in [0.5, 0.6) is 0 Å². The van der Waals surface area contributed by atoms with Gasteiger partial charge in [-0.1, -0.05) is 47.5 Å². The fourth-order valence-electron chi connectivity index (χ4n) is 2.55. The van der Waals surface area contributed by atoms with Gasteiger partial charge in [0.05, 0.1) is 12.1 Å². The molecule has 0 amide bonds. The first-order chi connectivity index (χ1) is 8.40. The highest BCUT2D eigenvalue weighted by atomic mass is 16.3. The largest absolute Gasteiger partial charge is 0.394 e. The second kappa shape index (κ2) is 8.89. The number of aliphatic hydroxyl groups is 1. The summed E-state index contributed by atoms with van der Waals surface area (Å²) in [6.07, 6.45) is 2.47. The molecule has 0 radical (unpaired) electrons. The lowest BCUT2D eigenvalue weighted by Gasteiger charge is -2.37. The molecule has 0 aromatic rings. The molecule has 0 heterocycles. The molecule has 110 valence electrons. The molecule has 0 aliphatic heterocycles. The van der Waals surface area contributed by atoms with Gasteiger partial charge in [-0.05, 0) is 19.4 Å². The van der Waals surface area contributed by atoms with Gasteiger partial charge in [0.2, 0.25) is 0 Å². The van der Waals surface area contributed by atoms with Crippen LogP contribution >= 0.6 is 0 Å². The van der Waals surface area contributed by atoms with Crippen molar-refractivity contribution >= 4 is 0 Å². The highest BCUT2D eigenvalue weighted by Gasteiger charge is 2.27. The predicted octanol–water partition coefficient (Wildman–Crippen LogP) is 2.49. The summed E-state index contributed by atoms with van der Waals surface area (Å²) in [5.74, 6) is 0.770. The summed E-state index contributed by atoms with van der Waals surface area (Å²) in [6, 6.07) is 0.397. The molecule has 0 aliphatic carbocycles. The van der Waals surface area contributed by atoms with Gasteiger partial charge in [0, 0.05) is 19.1 Å². The Morgan fingerprint density at radius 3 is 2.06 bits per heavy atom. The fraction of sp³-hybridized carbons (Fsp3) is 1.00. The first kappa shape index (κ1) is 17.9. The van der Waals surface area contributed by atoms with E-state index in [1.54, 1.807) is 0 Å². The number of nitrogens with one attached hydrogen (secondary N) is 1. The van der Waals surface area contributed by atoms with Crippen LogP contribution in [-0.2, 0) is 0 Å². The molecule has 2 N–H and O–H groups in total. The van der Waals surface area contributed by atoms with Crippen molar-refractivity contribution < 1.29 is 5.11 Å². The van der Waals surface area contributed by atoms with Gasteiger partial charge in [-0.3, -0.25) is 0 Å². The average Bonchev–Trinajstić information content (AvgIpc) is 2.33. The van der Waals surface area contributed by atoms with Crippen LogP contribution in [0.3, 0.4) is 0 Å². The van der Waals surface area contributed by atoms with Crippen molar-refractivity contribution in [3.63, 3.8) is 0 Å². The van der Waals surface area contributed by atoms with E-state index in [0.29, 0.717) is 6.04 Å². The molecule has 0 aromatic heterocycles. The maximum atomic E-state index is 9.64. The summed E-state index contributed by atoms with van der Waals surface area (Å²) < 4.78 is 0. The third kappa shape index (κ3) is 6.72. The SMILES string of the molecule is CCC(CC)CN(CC)CC(C)(CO)NC(C)C. The lowest BCUT2D eigenvalue weighted by molar-refractivity contribution is 0.106. The molecule has 0 rings (SSSR count). The van der Waals surface area contributed by atoms with Crippen molar-refractivity contribution in [1.82, 2.24) is 10.2 Å². The molecule has 3 heteroatoms. The minimum atomic E-state index is -0.198. The Balaban J connectivity index is 4.47. The van der Waals surface area contributed by atoms with Crippen molar-refractivity contribution in [3.8, 4) is 0 Å². The van der Waals surface area contributed by atoms with Crippen LogP contribution in [0.15, 0.2) is 0 Å². The second-order valence-corrected chi connectivity index (χ2v) is 6.03. The lowest BCUT2D eigenvalue weighted by atomic mass is 9.98. The number of hydrogen-bond donors (Lipinski definition) is 2. The molecule has 0 saturated carbocycles. The number of hydrogen-bond acceptors (Lipinski definition) is 3. The fourth-order valence-corrected chi connectivity index (χ4v) is 2.55. The Morgan fingerprint density at radius 1 is 1.17 bits per heavy atom. The minimum Gasteiger partial charge on any atom is -0.394 e. The molecule has 0 aromatic carbocycles. The van der Waals surface area contributed by atoms with Gasteiger partial charge in [-0.25, -0.2) is 0 Å². The summed E-state index contributed by atoms with van der Waals surface area (Å²) in [7, 11) is 0. The lowest BCUT2D eigenvalue weighted by Crippen LogP contribution is -2.56. The van der Waals surface area contributed by atoms with Crippen molar-refractivity contribution in [3.05, 3.63) is 0 Å². The first-order valence-corrected chi connectivity index (χ1v) is 7.51. The Labute approximate surface area is 114 Å². The Kier molecular flexibility index (Phi) is 8.83. The van der Waals surface area contributed by atoms with E-state index in [-0.39, 0.29) is 12.1 Å². The Hall–Kier alpha value is -0.120. The maximum absolute atomic E-state index is 9.64. The molecule has 0 bridgehead atoms. The van der Waals surface area contributed by atoms with Crippen LogP contribution in [0.2, 0.25) is 0 Å². The van der Waals surface area contributed by atoms with Crippen LogP contribution < -0.4 is 5.32 Å². The van der Waals surface area contributed by atoms with E-state index in [1.165, 1.54) is 12.8 Å². The van der Waals surface area contributed by atoms with Crippen molar-refractivity contribution in [2.75, 3.05) is 26.2 Å². The van der Waals surface area contributed by atoms with E-state index in [4.69, 9.17) is 0 Å². The van der Waals surface area contributed by atoms with E-state index < -0.39 is 0 Å². The van der Waals surface area contributed by atoms with Gasteiger partial charge in [0.15, 0.2) is 0 Å². The number of nitrogens with zero attached hydrogens (tertiary/aromatic N) is 1. The summed E-state index contributed by atoms with van der Waals surface area (Å²) >= 11 is 0. The normalized spacial score (nSPS) is 15.7. The molecule has 0 saturated heterocycles. The van der Waals surface area contributed by atoms with E-state index in [2.05, 4.69) is 51.8 Å². The first-order valence-electron chi connectivity index (χ1n) is 7.51. The molecule has 0 spiro atoms. The van der Waals surface area contributed by atoms with Gasteiger partial charge in [0.25, 0.3) is 0 Å². The monoisotopic (exact) mass is 258 g/mol. The number of aliphatic hydroxyl groups excluding tert-OH is 1.